The number of rotatable bonds is 7. The zero-order valence-electron chi connectivity index (χ0n) is 9.65. The Morgan fingerprint density at radius 1 is 1.47 bits per heavy atom. The first kappa shape index (κ1) is 12.2. The van der Waals surface area contributed by atoms with E-state index in [4.69, 9.17) is 5.11 Å². The van der Waals surface area contributed by atoms with Crippen molar-refractivity contribution in [2.45, 2.75) is 32.6 Å². The molecule has 1 heterocycles. The van der Waals surface area contributed by atoms with Gasteiger partial charge in [-0.3, -0.25) is 4.99 Å². The van der Waals surface area contributed by atoms with Gasteiger partial charge in [0.05, 0.1) is 19.0 Å². The van der Waals surface area contributed by atoms with Crippen molar-refractivity contribution >= 4 is 5.84 Å². The molecule has 0 radical (unpaired) electrons. The van der Waals surface area contributed by atoms with Crippen molar-refractivity contribution < 1.29 is 5.11 Å². The second-order valence-corrected chi connectivity index (χ2v) is 3.82. The summed E-state index contributed by atoms with van der Waals surface area (Å²) in [6.45, 7) is 4.93. The van der Waals surface area contributed by atoms with Crippen molar-refractivity contribution in [3.05, 3.63) is 12.2 Å². The second-order valence-electron chi connectivity index (χ2n) is 3.82. The Morgan fingerprint density at radius 3 is 3.07 bits per heavy atom. The smallest absolute Gasteiger partial charge is 0.0991 e. The van der Waals surface area contributed by atoms with Crippen LogP contribution in [0.5, 0.6) is 0 Å². The van der Waals surface area contributed by atoms with Gasteiger partial charge in [-0.15, -0.1) is 0 Å². The highest BCUT2D eigenvalue weighted by atomic mass is 16.3. The van der Waals surface area contributed by atoms with E-state index in [2.05, 4.69) is 29.0 Å². The lowest BCUT2D eigenvalue weighted by molar-refractivity contribution is 0.255. The third-order valence-corrected chi connectivity index (χ3v) is 2.66. The van der Waals surface area contributed by atoms with E-state index in [1.807, 2.05) is 0 Å². The molecule has 0 saturated carbocycles. The Kier molecular flexibility index (Phi) is 6.09. The van der Waals surface area contributed by atoms with Crippen molar-refractivity contribution in [3.63, 3.8) is 0 Å². The Hall–Kier alpha value is -0.830. The molecule has 3 nitrogen and oxygen atoms in total. The highest BCUT2D eigenvalue weighted by Gasteiger charge is 2.14. The molecule has 0 aromatic rings. The molecular formula is C12H22N2O. The van der Waals surface area contributed by atoms with Crippen LogP contribution in [0.3, 0.4) is 0 Å². The average molecular weight is 210 g/mol. The summed E-state index contributed by atoms with van der Waals surface area (Å²) in [5, 5.41) is 8.88. The fourth-order valence-corrected chi connectivity index (χ4v) is 1.84. The van der Waals surface area contributed by atoms with E-state index >= 15 is 0 Å². The van der Waals surface area contributed by atoms with Crippen molar-refractivity contribution in [1.29, 1.82) is 0 Å². The monoisotopic (exact) mass is 210 g/mol. The third-order valence-electron chi connectivity index (χ3n) is 2.66. The summed E-state index contributed by atoms with van der Waals surface area (Å²) in [4.78, 5) is 6.67. The SMILES string of the molecule is C/C=C/CCCCC1=NCCN1CCO. The minimum Gasteiger partial charge on any atom is -0.395 e. The summed E-state index contributed by atoms with van der Waals surface area (Å²) in [6.07, 6.45) is 8.98. The Morgan fingerprint density at radius 2 is 2.33 bits per heavy atom. The maximum Gasteiger partial charge on any atom is 0.0991 e. The van der Waals surface area contributed by atoms with Crippen molar-refractivity contribution in [1.82, 2.24) is 4.90 Å². The molecule has 0 aromatic heterocycles. The Balaban J connectivity index is 2.14. The fraction of sp³-hybridized carbons (Fsp3) is 0.750. The van der Waals surface area contributed by atoms with Crippen molar-refractivity contribution in [2.75, 3.05) is 26.2 Å². The van der Waals surface area contributed by atoms with E-state index in [-0.39, 0.29) is 6.61 Å². The molecule has 1 N–H and O–H groups in total. The maximum atomic E-state index is 8.88. The average Bonchev–Trinajstić information content (AvgIpc) is 2.66. The molecule has 0 saturated heterocycles. The molecule has 1 rings (SSSR count). The molecule has 0 atom stereocenters. The molecule has 0 aliphatic carbocycles. The number of amidine groups is 1. The quantitative estimate of drug-likeness (QED) is 0.514. The van der Waals surface area contributed by atoms with Gasteiger partial charge in [-0.05, 0) is 26.2 Å². The fourth-order valence-electron chi connectivity index (χ4n) is 1.84. The molecule has 0 aromatic carbocycles. The van der Waals surface area contributed by atoms with Gasteiger partial charge in [-0.2, -0.15) is 0 Å². The first-order chi connectivity index (χ1) is 7.38. The van der Waals surface area contributed by atoms with Crippen LogP contribution in [0, 0.1) is 0 Å². The van der Waals surface area contributed by atoms with Gasteiger partial charge in [0.2, 0.25) is 0 Å². The van der Waals surface area contributed by atoms with Gasteiger partial charge in [0.25, 0.3) is 0 Å². The predicted octanol–water partition coefficient (Wildman–Crippen LogP) is 1.83. The number of unbranched alkanes of at least 4 members (excludes halogenated alkanes) is 2. The van der Waals surface area contributed by atoms with Gasteiger partial charge >= 0.3 is 0 Å². The first-order valence-corrected chi connectivity index (χ1v) is 5.88. The number of aliphatic hydroxyl groups is 1. The first-order valence-electron chi connectivity index (χ1n) is 5.88. The summed E-state index contributed by atoms with van der Waals surface area (Å²) >= 11 is 0. The zero-order valence-corrected chi connectivity index (χ0v) is 9.65. The Labute approximate surface area is 92.5 Å². The van der Waals surface area contributed by atoms with Crippen LogP contribution in [-0.4, -0.2) is 42.1 Å². The van der Waals surface area contributed by atoms with Gasteiger partial charge in [-0.1, -0.05) is 12.2 Å². The number of allylic oxidation sites excluding steroid dienone is 2. The Bertz CT molecular complexity index is 224. The molecule has 86 valence electrons. The normalized spacial score (nSPS) is 16.4. The lowest BCUT2D eigenvalue weighted by Crippen LogP contribution is -2.30. The third kappa shape index (κ3) is 4.47. The molecule has 1 aliphatic heterocycles. The molecule has 0 fully saturated rings. The number of hydrogen-bond donors (Lipinski definition) is 1. The topological polar surface area (TPSA) is 35.8 Å². The van der Waals surface area contributed by atoms with E-state index in [1.165, 1.54) is 25.1 Å². The molecular weight excluding hydrogens is 188 g/mol. The van der Waals surface area contributed by atoms with E-state index < -0.39 is 0 Å². The van der Waals surface area contributed by atoms with Crippen molar-refractivity contribution in [2.24, 2.45) is 4.99 Å². The summed E-state index contributed by atoms with van der Waals surface area (Å²) in [5.41, 5.74) is 0. The molecule has 3 heteroatoms. The summed E-state index contributed by atoms with van der Waals surface area (Å²) < 4.78 is 0. The minimum atomic E-state index is 0.234. The van der Waals surface area contributed by atoms with E-state index in [0.717, 1.165) is 26.1 Å². The van der Waals surface area contributed by atoms with Crippen LogP contribution in [0.25, 0.3) is 0 Å². The van der Waals surface area contributed by atoms with Crippen LogP contribution in [0.15, 0.2) is 17.1 Å². The standard InChI is InChI=1S/C12H22N2O/c1-2-3-4-5-6-7-12-13-8-9-14(12)10-11-15/h2-3,15H,4-11H2,1H3/b3-2+. The number of β-amino-alcohol motifs (C(OH)–C–C–N with tert-alkyl or cyclic N) is 1. The number of aliphatic hydroxyl groups excluding tert-OH is 1. The van der Waals surface area contributed by atoms with E-state index in [1.54, 1.807) is 0 Å². The van der Waals surface area contributed by atoms with Gasteiger partial charge in [0, 0.05) is 19.5 Å². The van der Waals surface area contributed by atoms with Crippen LogP contribution < -0.4 is 0 Å². The van der Waals surface area contributed by atoms with Crippen LogP contribution in [0.2, 0.25) is 0 Å². The lowest BCUT2D eigenvalue weighted by Gasteiger charge is -2.18. The minimum absolute atomic E-state index is 0.234. The summed E-state index contributed by atoms with van der Waals surface area (Å²) in [5.74, 6) is 1.20. The maximum absolute atomic E-state index is 8.88. The number of aliphatic imine (C=N–C) groups is 1. The molecule has 1 aliphatic rings. The zero-order chi connectivity index (χ0) is 10.9. The van der Waals surface area contributed by atoms with Gasteiger partial charge < -0.3 is 10.0 Å². The molecule has 0 bridgehead atoms. The molecule has 0 amide bonds. The van der Waals surface area contributed by atoms with Crippen LogP contribution in [-0.2, 0) is 0 Å². The van der Waals surface area contributed by atoms with Crippen molar-refractivity contribution in [3.8, 4) is 0 Å². The molecule has 15 heavy (non-hydrogen) atoms. The molecule has 0 spiro atoms. The highest BCUT2D eigenvalue weighted by Crippen LogP contribution is 2.09. The number of hydrogen-bond acceptors (Lipinski definition) is 3. The second kappa shape index (κ2) is 7.46. The number of nitrogens with zero attached hydrogens (tertiary/aromatic N) is 2. The predicted molar refractivity (Wildman–Crippen MR) is 64.2 cm³/mol. The van der Waals surface area contributed by atoms with Gasteiger partial charge in [-0.25, -0.2) is 0 Å². The molecule has 0 unspecified atom stereocenters. The van der Waals surface area contributed by atoms with Gasteiger partial charge in [0.1, 0.15) is 0 Å². The lowest BCUT2D eigenvalue weighted by atomic mass is 10.1. The van der Waals surface area contributed by atoms with Crippen LogP contribution in [0.1, 0.15) is 32.6 Å². The van der Waals surface area contributed by atoms with Gasteiger partial charge in [0.15, 0.2) is 0 Å². The summed E-state index contributed by atoms with van der Waals surface area (Å²) in [7, 11) is 0. The highest BCUT2D eigenvalue weighted by molar-refractivity contribution is 5.83. The van der Waals surface area contributed by atoms with E-state index in [9.17, 15) is 0 Å². The largest absolute Gasteiger partial charge is 0.395 e. The van der Waals surface area contributed by atoms with E-state index in [0.29, 0.717) is 0 Å². The summed E-state index contributed by atoms with van der Waals surface area (Å²) in [6, 6.07) is 0. The van der Waals surface area contributed by atoms with Crippen LogP contribution in [0.4, 0.5) is 0 Å². The van der Waals surface area contributed by atoms with Crippen LogP contribution >= 0.6 is 0 Å².